The Morgan fingerprint density at radius 2 is 2.03 bits per heavy atom. The van der Waals surface area contributed by atoms with Crippen LogP contribution >= 0.6 is 0 Å². The quantitative estimate of drug-likeness (QED) is 0.683. The number of hydrogen-bond donors (Lipinski definition) is 0. The van der Waals surface area contributed by atoms with Crippen LogP contribution in [0.3, 0.4) is 0 Å². The summed E-state index contributed by atoms with van der Waals surface area (Å²) >= 11 is 0. The molecule has 0 bridgehead atoms. The van der Waals surface area contributed by atoms with E-state index in [4.69, 9.17) is 4.42 Å². The molecule has 3 aromatic rings. The van der Waals surface area contributed by atoms with Crippen LogP contribution in [0.5, 0.6) is 0 Å². The molecule has 1 amide bonds. The van der Waals surface area contributed by atoms with E-state index in [1.165, 1.54) is 22.1 Å². The van der Waals surface area contributed by atoms with Gasteiger partial charge in [0.25, 0.3) is 5.56 Å². The molecule has 7 nitrogen and oxygen atoms in total. The van der Waals surface area contributed by atoms with Crippen LogP contribution < -0.4 is 10.5 Å². The van der Waals surface area contributed by atoms with Crippen LogP contribution in [-0.2, 0) is 11.3 Å². The second-order valence-corrected chi connectivity index (χ2v) is 7.86. The van der Waals surface area contributed by atoms with E-state index in [1.807, 2.05) is 11.8 Å². The number of carbonyl (C=O) groups is 1. The summed E-state index contributed by atoms with van der Waals surface area (Å²) in [6.07, 6.45) is 1.40. The summed E-state index contributed by atoms with van der Waals surface area (Å²) in [5, 5.41) is 0.454. The molecule has 0 spiro atoms. The standard InChI is InChI=1S/C22H26N4O3/c1-14-6-5-7-18(10-14)26-9-8-24(11-15(26)2)19(27)12-25-13-23-21-20(22(25)28)16(3)17(4)29-21/h5-7,10,13,15H,8-9,11-12H2,1-4H3. The lowest BCUT2D eigenvalue weighted by Gasteiger charge is -2.41. The minimum absolute atomic E-state index is 0.0113. The van der Waals surface area contributed by atoms with Crippen molar-refractivity contribution in [2.75, 3.05) is 24.5 Å². The first kappa shape index (κ1) is 19.2. The smallest absolute Gasteiger partial charge is 0.265 e. The molecule has 7 heteroatoms. The lowest BCUT2D eigenvalue weighted by Crippen LogP contribution is -2.54. The van der Waals surface area contributed by atoms with E-state index in [0.717, 1.165) is 12.1 Å². The number of aryl methyl sites for hydroxylation is 3. The predicted octanol–water partition coefficient (Wildman–Crippen LogP) is 2.65. The van der Waals surface area contributed by atoms with E-state index in [0.29, 0.717) is 29.9 Å². The molecule has 1 aromatic carbocycles. The van der Waals surface area contributed by atoms with E-state index in [2.05, 4.69) is 48.0 Å². The van der Waals surface area contributed by atoms with Crippen molar-refractivity contribution < 1.29 is 9.21 Å². The molecule has 1 fully saturated rings. The van der Waals surface area contributed by atoms with Crippen molar-refractivity contribution >= 4 is 22.7 Å². The van der Waals surface area contributed by atoms with Crippen LogP contribution in [0, 0.1) is 20.8 Å². The van der Waals surface area contributed by atoms with Gasteiger partial charge in [-0.25, -0.2) is 4.98 Å². The normalized spacial score (nSPS) is 17.2. The third kappa shape index (κ3) is 3.52. The molecule has 152 valence electrons. The third-order valence-corrected chi connectivity index (χ3v) is 5.77. The highest BCUT2D eigenvalue weighted by atomic mass is 16.3. The Balaban J connectivity index is 1.49. The summed E-state index contributed by atoms with van der Waals surface area (Å²) in [5.74, 6) is 0.608. The predicted molar refractivity (Wildman–Crippen MR) is 112 cm³/mol. The number of aromatic nitrogens is 2. The molecule has 1 aliphatic heterocycles. The lowest BCUT2D eigenvalue weighted by atomic mass is 10.1. The van der Waals surface area contributed by atoms with Crippen molar-refractivity contribution in [2.45, 2.75) is 40.3 Å². The van der Waals surface area contributed by atoms with E-state index in [9.17, 15) is 9.59 Å². The maximum atomic E-state index is 12.9. The zero-order valence-electron chi connectivity index (χ0n) is 17.3. The van der Waals surface area contributed by atoms with E-state index in [1.54, 1.807) is 6.92 Å². The molecule has 29 heavy (non-hydrogen) atoms. The summed E-state index contributed by atoms with van der Waals surface area (Å²) in [4.78, 5) is 34.1. The van der Waals surface area contributed by atoms with Gasteiger partial charge in [0.05, 0.1) is 0 Å². The summed E-state index contributed by atoms with van der Waals surface area (Å²) in [5.41, 5.74) is 3.28. The average molecular weight is 394 g/mol. The largest absolute Gasteiger partial charge is 0.443 e. The van der Waals surface area contributed by atoms with Gasteiger partial charge >= 0.3 is 0 Å². The summed E-state index contributed by atoms with van der Waals surface area (Å²) in [6, 6.07) is 8.62. The fourth-order valence-corrected chi connectivity index (χ4v) is 4.00. The minimum Gasteiger partial charge on any atom is -0.443 e. The monoisotopic (exact) mass is 394 g/mol. The molecule has 1 aliphatic rings. The zero-order valence-corrected chi connectivity index (χ0v) is 17.3. The zero-order chi connectivity index (χ0) is 20.7. The Labute approximate surface area is 169 Å². The van der Waals surface area contributed by atoms with Gasteiger partial charge < -0.3 is 14.2 Å². The molecule has 0 N–H and O–H groups in total. The molecule has 1 saturated heterocycles. The van der Waals surface area contributed by atoms with Gasteiger partial charge in [-0.15, -0.1) is 0 Å². The minimum atomic E-state index is -0.232. The Morgan fingerprint density at radius 1 is 1.24 bits per heavy atom. The number of rotatable bonds is 3. The molecular weight excluding hydrogens is 368 g/mol. The summed E-state index contributed by atoms with van der Waals surface area (Å²) in [6.45, 7) is 9.86. The fraction of sp³-hybridized carbons (Fsp3) is 0.409. The number of furan rings is 1. The Kier molecular flexibility index (Phi) is 4.90. The molecule has 3 heterocycles. The van der Waals surface area contributed by atoms with Crippen LogP contribution in [0.2, 0.25) is 0 Å². The number of nitrogens with zero attached hydrogens (tertiary/aromatic N) is 4. The second-order valence-electron chi connectivity index (χ2n) is 7.86. The van der Waals surface area contributed by atoms with Crippen molar-refractivity contribution in [2.24, 2.45) is 0 Å². The number of anilines is 1. The van der Waals surface area contributed by atoms with Gasteiger partial charge in [-0.2, -0.15) is 0 Å². The van der Waals surface area contributed by atoms with Crippen molar-refractivity contribution in [3.05, 3.63) is 57.8 Å². The number of piperazine rings is 1. The highest BCUT2D eigenvalue weighted by Gasteiger charge is 2.27. The van der Waals surface area contributed by atoms with Crippen LogP contribution in [0.25, 0.3) is 11.1 Å². The van der Waals surface area contributed by atoms with Crippen molar-refractivity contribution in [1.82, 2.24) is 14.5 Å². The summed E-state index contributed by atoms with van der Waals surface area (Å²) in [7, 11) is 0. The number of carbonyl (C=O) groups excluding carboxylic acids is 1. The fourth-order valence-electron chi connectivity index (χ4n) is 4.00. The maximum Gasteiger partial charge on any atom is 0.265 e. The van der Waals surface area contributed by atoms with Crippen LogP contribution in [0.4, 0.5) is 5.69 Å². The van der Waals surface area contributed by atoms with Crippen LogP contribution in [0.15, 0.2) is 39.8 Å². The molecule has 0 radical (unpaired) electrons. The first-order valence-electron chi connectivity index (χ1n) is 9.91. The summed E-state index contributed by atoms with van der Waals surface area (Å²) < 4.78 is 6.89. The van der Waals surface area contributed by atoms with Crippen molar-refractivity contribution in [1.29, 1.82) is 0 Å². The Bertz CT molecular complexity index is 1130. The van der Waals surface area contributed by atoms with E-state index < -0.39 is 0 Å². The van der Waals surface area contributed by atoms with Crippen molar-refractivity contribution in [3.8, 4) is 0 Å². The molecule has 1 atom stereocenters. The van der Waals surface area contributed by atoms with Crippen molar-refractivity contribution in [3.63, 3.8) is 0 Å². The molecule has 4 rings (SSSR count). The molecule has 0 saturated carbocycles. The lowest BCUT2D eigenvalue weighted by molar-refractivity contribution is -0.132. The highest BCUT2D eigenvalue weighted by Crippen LogP contribution is 2.22. The maximum absolute atomic E-state index is 12.9. The van der Waals surface area contributed by atoms with Crippen LogP contribution in [0.1, 0.15) is 23.8 Å². The number of amides is 1. The van der Waals surface area contributed by atoms with Gasteiger partial charge in [0, 0.05) is 36.9 Å². The second kappa shape index (κ2) is 7.39. The SMILES string of the molecule is Cc1cccc(N2CCN(C(=O)Cn3cnc4oc(C)c(C)c4c3=O)CC2C)c1. The van der Waals surface area contributed by atoms with Gasteiger partial charge in [0.2, 0.25) is 11.6 Å². The number of fused-ring (bicyclic) bond motifs is 1. The third-order valence-electron chi connectivity index (χ3n) is 5.77. The first-order valence-corrected chi connectivity index (χ1v) is 9.91. The van der Waals surface area contributed by atoms with Gasteiger partial charge in [-0.1, -0.05) is 12.1 Å². The van der Waals surface area contributed by atoms with E-state index in [-0.39, 0.29) is 24.1 Å². The Hall–Kier alpha value is -3.09. The number of benzene rings is 1. The van der Waals surface area contributed by atoms with Gasteiger partial charge in [0.15, 0.2) is 0 Å². The molecular formula is C22H26N4O3. The first-order chi connectivity index (χ1) is 13.8. The molecule has 1 unspecified atom stereocenters. The van der Waals surface area contributed by atoms with Gasteiger partial charge in [-0.05, 0) is 45.4 Å². The van der Waals surface area contributed by atoms with Gasteiger partial charge in [0.1, 0.15) is 24.0 Å². The Morgan fingerprint density at radius 3 is 2.76 bits per heavy atom. The van der Waals surface area contributed by atoms with E-state index >= 15 is 0 Å². The number of hydrogen-bond acceptors (Lipinski definition) is 5. The molecule has 2 aromatic heterocycles. The molecule has 0 aliphatic carbocycles. The average Bonchev–Trinajstić information content (AvgIpc) is 2.98. The highest BCUT2D eigenvalue weighted by molar-refractivity contribution is 5.79. The topological polar surface area (TPSA) is 71.6 Å². The van der Waals surface area contributed by atoms with Crippen LogP contribution in [-0.4, -0.2) is 46.0 Å². The van der Waals surface area contributed by atoms with Gasteiger partial charge in [-0.3, -0.25) is 14.2 Å².